The molecule has 188 valence electrons. The van der Waals surface area contributed by atoms with Crippen molar-refractivity contribution in [1.82, 2.24) is 9.88 Å². The van der Waals surface area contributed by atoms with Crippen LogP contribution in [0.2, 0.25) is 0 Å². The van der Waals surface area contributed by atoms with Gasteiger partial charge in [0.2, 0.25) is 0 Å². The number of thiocarbonyl (C=S) groups is 1. The van der Waals surface area contributed by atoms with Gasteiger partial charge in [-0.2, -0.15) is 0 Å². The van der Waals surface area contributed by atoms with Gasteiger partial charge in [-0.05, 0) is 72.7 Å². The van der Waals surface area contributed by atoms with Gasteiger partial charge in [0.05, 0.1) is 32.6 Å². The third-order valence-electron chi connectivity index (χ3n) is 7.18. The molecule has 37 heavy (non-hydrogen) atoms. The number of para-hydroxylation sites is 1. The van der Waals surface area contributed by atoms with Crippen molar-refractivity contribution in [3.05, 3.63) is 83.6 Å². The molecule has 1 saturated heterocycles. The Hall–Kier alpha value is -4.04. The molecule has 2 atom stereocenters. The Labute approximate surface area is 220 Å². The molecule has 6 rings (SSSR count). The number of fused-ring (bicyclic) bond motifs is 4. The van der Waals surface area contributed by atoms with Crippen LogP contribution in [-0.2, 0) is 11.2 Å². The van der Waals surface area contributed by atoms with Crippen LogP contribution in [0.4, 0.5) is 5.69 Å². The number of aromatic nitrogens is 1. The van der Waals surface area contributed by atoms with Gasteiger partial charge >= 0.3 is 0 Å². The Morgan fingerprint density at radius 3 is 2.49 bits per heavy atom. The Balaban J connectivity index is 1.49. The van der Waals surface area contributed by atoms with Gasteiger partial charge < -0.3 is 24.1 Å². The van der Waals surface area contributed by atoms with Gasteiger partial charge in [-0.15, -0.1) is 0 Å². The van der Waals surface area contributed by atoms with Crippen molar-refractivity contribution in [2.45, 2.75) is 25.4 Å². The van der Waals surface area contributed by atoms with Crippen molar-refractivity contribution < 1.29 is 19.0 Å². The minimum atomic E-state index is -0.427. The van der Waals surface area contributed by atoms with Crippen molar-refractivity contribution in [3.63, 3.8) is 0 Å². The molecule has 1 fully saturated rings. The average Bonchev–Trinajstić information content (AvgIpc) is 3.42. The molecule has 0 radical (unpaired) electrons. The van der Waals surface area contributed by atoms with Crippen molar-refractivity contribution in [2.24, 2.45) is 0 Å². The fourth-order valence-corrected chi connectivity index (χ4v) is 5.97. The highest BCUT2D eigenvalue weighted by Gasteiger charge is 2.51. The lowest BCUT2D eigenvalue weighted by Gasteiger charge is -2.37. The lowest BCUT2D eigenvalue weighted by molar-refractivity contribution is -0.120. The SMILES string of the molecule is CCOc1ccc(N2C(=O)[C@H]3Cc4c([nH]c5ccccc45)[C@@H](c4ccc(OC)c(OC)c4)N3C2=S)cc1. The summed E-state index contributed by atoms with van der Waals surface area (Å²) in [6, 6.07) is 20.9. The predicted octanol–water partition coefficient (Wildman–Crippen LogP) is 5.23. The quantitative estimate of drug-likeness (QED) is 0.356. The summed E-state index contributed by atoms with van der Waals surface area (Å²) in [4.78, 5) is 21.3. The second-order valence-corrected chi connectivity index (χ2v) is 9.46. The molecule has 0 spiro atoms. The molecule has 1 N–H and O–H groups in total. The fraction of sp³-hybridized carbons (Fsp3) is 0.241. The van der Waals surface area contributed by atoms with Crippen molar-refractivity contribution in [1.29, 1.82) is 0 Å². The number of carbonyl (C=O) groups excluding carboxylic acids is 1. The standard InChI is InChI=1S/C29H27N3O4S/c1-4-36-19-12-10-18(11-13-19)31-28(33)23-16-21-20-7-5-6-8-22(20)30-26(21)27(32(23)29(31)37)17-9-14-24(34-2)25(15-17)35-3/h5-15,23,27,30H,4,16H2,1-3H3/t23-,27-/m1/s1. The summed E-state index contributed by atoms with van der Waals surface area (Å²) in [6.45, 7) is 2.52. The normalized spacial score (nSPS) is 18.7. The Morgan fingerprint density at radius 2 is 1.76 bits per heavy atom. The highest BCUT2D eigenvalue weighted by molar-refractivity contribution is 7.80. The van der Waals surface area contributed by atoms with E-state index < -0.39 is 6.04 Å². The number of amides is 1. The van der Waals surface area contributed by atoms with Crippen LogP contribution in [0.15, 0.2) is 66.7 Å². The zero-order valence-electron chi connectivity index (χ0n) is 20.9. The van der Waals surface area contributed by atoms with E-state index in [1.807, 2.05) is 61.5 Å². The first-order valence-corrected chi connectivity index (χ1v) is 12.7. The third-order valence-corrected chi connectivity index (χ3v) is 7.57. The van der Waals surface area contributed by atoms with Crippen LogP contribution in [-0.4, -0.2) is 47.8 Å². The number of rotatable bonds is 6. The molecule has 1 amide bonds. The van der Waals surface area contributed by atoms with Crippen molar-refractivity contribution in [3.8, 4) is 17.2 Å². The fourth-order valence-electron chi connectivity index (χ4n) is 5.54. The number of ether oxygens (including phenoxy) is 3. The molecule has 4 aromatic rings. The minimum absolute atomic E-state index is 0.0319. The summed E-state index contributed by atoms with van der Waals surface area (Å²) in [5, 5.41) is 1.60. The molecule has 8 heteroatoms. The van der Waals surface area contributed by atoms with Crippen LogP contribution in [0.5, 0.6) is 17.2 Å². The van der Waals surface area contributed by atoms with E-state index >= 15 is 0 Å². The summed E-state index contributed by atoms with van der Waals surface area (Å²) in [7, 11) is 3.24. The Morgan fingerprint density at radius 1 is 1.00 bits per heavy atom. The van der Waals surface area contributed by atoms with Crippen LogP contribution >= 0.6 is 12.2 Å². The van der Waals surface area contributed by atoms with Crippen molar-refractivity contribution in [2.75, 3.05) is 25.7 Å². The van der Waals surface area contributed by atoms with Gasteiger partial charge in [-0.3, -0.25) is 9.69 Å². The van der Waals surface area contributed by atoms with Gasteiger partial charge in [0.15, 0.2) is 16.6 Å². The first-order chi connectivity index (χ1) is 18.0. The summed E-state index contributed by atoms with van der Waals surface area (Å²) >= 11 is 6.01. The number of methoxy groups -OCH3 is 2. The molecule has 1 aromatic heterocycles. The van der Waals surface area contributed by atoms with Gasteiger partial charge in [-0.1, -0.05) is 24.3 Å². The number of anilines is 1. The number of benzene rings is 3. The zero-order valence-corrected chi connectivity index (χ0v) is 21.7. The van der Waals surface area contributed by atoms with Gasteiger partial charge in [0, 0.05) is 23.0 Å². The molecule has 0 aliphatic carbocycles. The maximum atomic E-state index is 13.9. The molecule has 0 saturated carbocycles. The van der Waals surface area contributed by atoms with Gasteiger partial charge in [0.1, 0.15) is 11.8 Å². The number of aromatic amines is 1. The van der Waals surface area contributed by atoms with Gasteiger partial charge in [-0.25, -0.2) is 0 Å². The monoisotopic (exact) mass is 513 g/mol. The molecule has 7 nitrogen and oxygen atoms in total. The molecular weight excluding hydrogens is 486 g/mol. The predicted molar refractivity (Wildman–Crippen MR) is 147 cm³/mol. The van der Waals surface area contributed by atoms with E-state index in [-0.39, 0.29) is 11.9 Å². The van der Waals surface area contributed by atoms with Crippen LogP contribution in [0.3, 0.4) is 0 Å². The van der Waals surface area contributed by atoms with E-state index in [1.54, 1.807) is 19.1 Å². The lowest BCUT2D eigenvalue weighted by atomic mass is 9.88. The first-order valence-electron chi connectivity index (χ1n) is 12.3. The molecule has 0 bridgehead atoms. The highest BCUT2D eigenvalue weighted by atomic mass is 32.1. The third kappa shape index (κ3) is 3.62. The second kappa shape index (κ2) is 9.12. The number of hydrogen-bond acceptors (Lipinski definition) is 5. The Bertz CT molecular complexity index is 1510. The number of hydrogen-bond donors (Lipinski definition) is 1. The molecular formula is C29H27N3O4S. The van der Waals surface area contributed by atoms with E-state index in [9.17, 15) is 4.79 Å². The van der Waals surface area contributed by atoms with Crippen molar-refractivity contribution >= 4 is 39.8 Å². The van der Waals surface area contributed by atoms with Crippen LogP contribution in [0.25, 0.3) is 10.9 Å². The maximum Gasteiger partial charge on any atom is 0.256 e. The first kappa shape index (κ1) is 23.4. The van der Waals surface area contributed by atoms with Gasteiger partial charge in [0.25, 0.3) is 5.91 Å². The van der Waals surface area contributed by atoms with E-state index in [4.69, 9.17) is 26.4 Å². The van der Waals surface area contributed by atoms with Crippen LogP contribution in [0, 0.1) is 0 Å². The largest absolute Gasteiger partial charge is 0.494 e. The smallest absolute Gasteiger partial charge is 0.256 e. The average molecular weight is 514 g/mol. The molecule has 2 aliphatic rings. The van der Waals surface area contributed by atoms with E-state index in [2.05, 4.69) is 22.0 Å². The van der Waals surface area contributed by atoms with Crippen LogP contribution in [0.1, 0.15) is 29.8 Å². The maximum absolute atomic E-state index is 13.9. The molecule has 2 aliphatic heterocycles. The summed E-state index contributed by atoms with van der Waals surface area (Å²) < 4.78 is 16.7. The molecule has 0 unspecified atom stereocenters. The number of carbonyl (C=O) groups is 1. The summed E-state index contributed by atoms with van der Waals surface area (Å²) in [5.74, 6) is 1.99. The zero-order chi connectivity index (χ0) is 25.7. The number of nitrogens with one attached hydrogen (secondary N) is 1. The van der Waals surface area contributed by atoms with E-state index in [1.165, 1.54) is 0 Å². The topological polar surface area (TPSA) is 67.0 Å². The van der Waals surface area contributed by atoms with E-state index in [0.717, 1.165) is 39.2 Å². The number of nitrogens with zero attached hydrogens (tertiary/aromatic N) is 2. The highest BCUT2D eigenvalue weighted by Crippen LogP contribution is 2.46. The lowest BCUT2D eigenvalue weighted by Crippen LogP contribution is -2.44. The number of H-pyrrole nitrogens is 1. The molecule has 3 aromatic carbocycles. The summed E-state index contributed by atoms with van der Waals surface area (Å²) in [5.41, 5.74) is 4.90. The van der Waals surface area contributed by atoms with E-state index in [0.29, 0.717) is 29.6 Å². The molecule has 3 heterocycles. The second-order valence-electron chi connectivity index (χ2n) is 9.09. The Kier molecular flexibility index (Phi) is 5.76. The minimum Gasteiger partial charge on any atom is -0.494 e. The summed E-state index contributed by atoms with van der Waals surface area (Å²) in [6.07, 6.45) is 0.565. The van der Waals surface area contributed by atoms with Crippen LogP contribution < -0.4 is 19.1 Å².